The molecule has 1 aliphatic heterocycles. The Labute approximate surface area is 98.7 Å². The lowest BCUT2D eigenvalue weighted by Crippen LogP contribution is -2.44. The third-order valence-electron chi connectivity index (χ3n) is 2.75. The molecule has 0 unspecified atom stereocenters. The summed E-state index contributed by atoms with van der Waals surface area (Å²) in [5, 5.41) is 3.24. The van der Waals surface area contributed by atoms with Gasteiger partial charge in [0.05, 0.1) is 6.33 Å². The largest absolute Gasteiger partial charge is 0.382 e. The summed E-state index contributed by atoms with van der Waals surface area (Å²) in [6, 6.07) is 0. The lowest BCUT2D eigenvalue weighted by atomic mass is 10.0. The molecule has 6 nitrogen and oxygen atoms in total. The summed E-state index contributed by atoms with van der Waals surface area (Å²) in [5.74, 6) is 1.13. The van der Waals surface area contributed by atoms with Crippen LogP contribution in [0.2, 0.25) is 0 Å². The van der Waals surface area contributed by atoms with Crippen molar-refractivity contribution in [2.75, 3.05) is 18.8 Å². The SMILES string of the molecule is Cl.Nc1ncnc2c1ncn2CC1CNC1. The molecule has 1 aliphatic rings. The van der Waals surface area contributed by atoms with Gasteiger partial charge in [-0.1, -0.05) is 0 Å². The van der Waals surface area contributed by atoms with Gasteiger partial charge in [-0.3, -0.25) is 0 Å². The molecule has 3 N–H and O–H groups in total. The average molecular weight is 241 g/mol. The number of halogens is 1. The molecule has 7 heteroatoms. The van der Waals surface area contributed by atoms with Crippen molar-refractivity contribution in [3.8, 4) is 0 Å². The fraction of sp³-hybridized carbons (Fsp3) is 0.444. The Morgan fingerprint density at radius 2 is 2.19 bits per heavy atom. The highest BCUT2D eigenvalue weighted by atomic mass is 35.5. The second-order valence-electron chi connectivity index (χ2n) is 3.85. The molecule has 3 rings (SSSR count). The van der Waals surface area contributed by atoms with E-state index < -0.39 is 0 Å². The van der Waals surface area contributed by atoms with Crippen molar-refractivity contribution in [1.82, 2.24) is 24.8 Å². The van der Waals surface area contributed by atoms with E-state index in [2.05, 4.69) is 20.3 Å². The number of nitrogen functional groups attached to an aromatic ring is 1. The number of aromatic nitrogens is 4. The quantitative estimate of drug-likeness (QED) is 0.775. The smallest absolute Gasteiger partial charge is 0.165 e. The van der Waals surface area contributed by atoms with Crippen LogP contribution < -0.4 is 11.1 Å². The zero-order valence-electron chi connectivity index (χ0n) is 8.63. The molecule has 0 saturated carbocycles. The zero-order chi connectivity index (χ0) is 10.3. The van der Waals surface area contributed by atoms with Crippen LogP contribution in [0.4, 0.5) is 5.82 Å². The van der Waals surface area contributed by atoms with Gasteiger partial charge in [-0.2, -0.15) is 0 Å². The number of hydrogen-bond acceptors (Lipinski definition) is 5. The van der Waals surface area contributed by atoms with Crippen molar-refractivity contribution < 1.29 is 0 Å². The first kappa shape index (κ1) is 11.1. The zero-order valence-corrected chi connectivity index (χ0v) is 9.44. The summed E-state index contributed by atoms with van der Waals surface area (Å²) >= 11 is 0. The van der Waals surface area contributed by atoms with Crippen molar-refractivity contribution in [3.63, 3.8) is 0 Å². The third kappa shape index (κ3) is 1.70. The highest BCUT2D eigenvalue weighted by Gasteiger charge is 2.18. The monoisotopic (exact) mass is 240 g/mol. The molecule has 0 bridgehead atoms. The van der Waals surface area contributed by atoms with Crippen molar-refractivity contribution in [1.29, 1.82) is 0 Å². The Bertz CT molecular complexity index is 492. The summed E-state index contributed by atoms with van der Waals surface area (Å²) in [7, 11) is 0. The van der Waals surface area contributed by atoms with E-state index in [9.17, 15) is 0 Å². The average Bonchev–Trinajstić information content (AvgIpc) is 2.56. The van der Waals surface area contributed by atoms with Gasteiger partial charge in [-0.15, -0.1) is 12.4 Å². The summed E-state index contributed by atoms with van der Waals surface area (Å²) in [6.45, 7) is 3.08. The topological polar surface area (TPSA) is 81.7 Å². The van der Waals surface area contributed by atoms with Gasteiger partial charge in [0.1, 0.15) is 11.8 Å². The van der Waals surface area contributed by atoms with Gasteiger partial charge >= 0.3 is 0 Å². The van der Waals surface area contributed by atoms with E-state index in [1.807, 2.05) is 4.57 Å². The van der Waals surface area contributed by atoms with E-state index in [1.54, 1.807) is 6.33 Å². The maximum absolute atomic E-state index is 5.71. The summed E-state index contributed by atoms with van der Waals surface area (Å²) in [5.41, 5.74) is 7.23. The van der Waals surface area contributed by atoms with E-state index >= 15 is 0 Å². The minimum absolute atomic E-state index is 0. The molecule has 0 aliphatic carbocycles. The number of rotatable bonds is 2. The number of nitrogens with zero attached hydrogens (tertiary/aromatic N) is 4. The third-order valence-corrected chi connectivity index (χ3v) is 2.75. The van der Waals surface area contributed by atoms with Crippen molar-refractivity contribution in [3.05, 3.63) is 12.7 Å². The summed E-state index contributed by atoms with van der Waals surface area (Å²) in [4.78, 5) is 12.3. The second-order valence-corrected chi connectivity index (χ2v) is 3.85. The van der Waals surface area contributed by atoms with E-state index in [0.29, 0.717) is 17.3 Å². The van der Waals surface area contributed by atoms with Crippen molar-refractivity contribution in [2.45, 2.75) is 6.54 Å². The van der Waals surface area contributed by atoms with E-state index in [-0.39, 0.29) is 12.4 Å². The lowest BCUT2D eigenvalue weighted by Gasteiger charge is -2.27. The molecule has 2 aromatic heterocycles. The number of anilines is 1. The molecule has 0 spiro atoms. The second kappa shape index (κ2) is 4.23. The van der Waals surface area contributed by atoms with Gasteiger partial charge in [0, 0.05) is 25.6 Å². The van der Waals surface area contributed by atoms with Gasteiger partial charge in [-0.05, 0) is 0 Å². The Kier molecular flexibility index (Phi) is 2.93. The molecule has 2 aromatic rings. The number of imidazole rings is 1. The van der Waals surface area contributed by atoms with Crippen LogP contribution in [0, 0.1) is 5.92 Å². The number of nitrogens with two attached hydrogens (primary N) is 1. The van der Waals surface area contributed by atoms with Crippen LogP contribution in [0.1, 0.15) is 0 Å². The standard InChI is InChI=1S/C9H12N6.ClH/c10-8-7-9(13-4-12-8)15(5-14-7)3-6-1-11-2-6;/h4-6,11H,1-3H2,(H2,10,12,13);1H. The summed E-state index contributed by atoms with van der Waals surface area (Å²) < 4.78 is 2.04. The fourth-order valence-corrected chi connectivity index (χ4v) is 1.79. The van der Waals surface area contributed by atoms with E-state index in [4.69, 9.17) is 5.73 Å². The van der Waals surface area contributed by atoms with Crippen LogP contribution in [0.3, 0.4) is 0 Å². The Balaban J connectivity index is 0.000000963. The van der Waals surface area contributed by atoms with Crippen LogP contribution in [0.5, 0.6) is 0 Å². The Morgan fingerprint density at radius 3 is 2.88 bits per heavy atom. The van der Waals surface area contributed by atoms with Gasteiger partial charge in [-0.25, -0.2) is 15.0 Å². The molecule has 3 heterocycles. The maximum atomic E-state index is 5.71. The normalized spacial score (nSPS) is 15.8. The number of hydrogen-bond donors (Lipinski definition) is 2. The minimum Gasteiger partial charge on any atom is -0.382 e. The highest BCUT2D eigenvalue weighted by molar-refractivity contribution is 5.85. The van der Waals surface area contributed by atoms with Crippen molar-refractivity contribution in [2.24, 2.45) is 5.92 Å². The van der Waals surface area contributed by atoms with Crippen LogP contribution in [0.25, 0.3) is 11.2 Å². The summed E-state index contributed by atoms with van der Waals surface area (Å²) in [6.07, 6.45) is 3.27. The van der Waals surface area contributed by atoms with Crippen LogP contribution >= 0.6 is 12.4 Å². The molecule has 1 fully saturated rings. The van der Waals surface area contributed by atoms with Crippen LogP contribution in [-0.4, -0.2) is 32.6 Å². The van der Waals surface area contributed by atoms with Crippen LogP contribution in [0.15, 0.2) is 12.7 Å². The first-order valence-electron chi connectivity index (χ1n) is 4.96. The van der Waals surface area contributed by atoms with E-state index in [1.165, 1.54) is 6.33 Å². The van der Waals surface area contributed by atoms with Gasteiger partial charge in [0.25, 0.3) is 0 Å². The van der Waals surface area contributed by atoms with Crippen molar-refractivity contribution >= 4 is 29.4 Å². The molecule has 16 heavy (non-hydrogen) atoms. The van der Waals surface area contributed by atoms with E-state index in [0.717, 1.165) is 25.3 Å². The van der Waals surface area contributed by atoms with Gasteiger partial charge in [0.15, 0.2) is 11.5 Å². The molecule has 0 atom stereocenters. The van der Waals surface area contributed by atoms with Gasteiger partial charge < -0.3 is 15.6 Å². The molecule has 86 valence electrons. The first-order valence-corrected chi connectivity index (χ1v) is 4.96. The van der Waals surface area contributed by atoms with Gasteiger partial charge in [0.2, 0.25) is 0 Å². The highest BCUT2D eigenvalue weighted by Crippen LogP contribution is 2.16. The molecular weight excluding hydrogens is 228 g/mol. The fourth-order valence-electron chi connectivity index (χ4n) is 1.79. The number of nitrogens with one attached hydrogen (secondary N) is 1. The predicted molar refractivity (Wildman–Crippen MR) is 63.3 cm³/mol. The molecule has 0 radical (unpaired) electrons. The molecule has 1 saturated heterocycles. The lowest BCUT2D eigenvalue weighted by molar-refractivity contribution is 0.309. The first-order chi connectivity index (χ1) is 7.34. The van der Waals surface area contributed by atoms with Crippen LogP contribution in [-0.2, 0) is 6.54 Å². The number of fused-ring (bicyclic) bond motifs is 1. The molecular formula is C9H13ClN6. The maximum Gasteiger partial charge on any atom is 0.165 e. The molecule has 0 aromatic carbocycles. The predicted octanol–water partition coefficient (Wildman–Crippen LogP) is 0.0497. The Morgan fingerprint density at radius 1 is 1.38 bits per heavy atom. The Hall–Kier alpha value is -1.40. The molecule has 0 amide bonds. The minimum atomic E-state index is 0.